The summed E-state index contributed by atoms with van der Waals surface area (Å²) in [6.07, 6.45) is 0. The Balaban J connectivity index is 3.22. The lowest BCUT2D eigenvalue weighted by Gasteiger charge is -2.15. The zero-order chi connectivity index (χ0) is 10.7. The minimum atomic E-state index is 0.373. The Bertz CT molecular complexity index is 316. The number of phenols is 1. The summed E-state index contributed by atoms with van der Waals surface area (Å²) in [5.74, 6) is 0.782. The molecule has 0 fully saturated rings. The van der Waals surface area contributed by atoms with Crippen LogP contribution in [0.1, 0.15) is 36.5 Å². The first-order chi connectivity index (χ1) is 6.57. The molecule has 0 spiro atoms. The molecule has 0 heterocycles. The van der Waals surface area contributed by atoms with Gasteiger partial charge in [0, 0.05) is 12.7 Å². The molecule has 0 aliphatic rings. The highest BCUT2D eigenvalue weighted by atomic mass is 16.5. The van der Waals surface area contributed by atoms with Crippen LogP contribution in [0.25, 0.3) is 0 Å². The number of aryl methyl sites for hydroxylation is 1. The summed E-state index contributed by atoms with van der Waals surface area (Å²) in [5, 5.41) is 9.88. The van der Waals surface area contributed by atoms with Gasteiger partial charge in [0.2, 0.25) is 0 Å². The minimum absolute atomic E-state index is 0.373. The van der Waals surface area contributed by atoms with Gasteiger partial charge in [0.1, 0.15) is 5.75 Å². The van der Waals surface area contributed by atoms with Gasteiger partial charge < -0.3 is 9.84 Å². The molecular formula is C12H18O2. The Morgan fingerprint density at radius 1 is 1.36 bits per heavy atom. The minimum Gasteiger partial charge on any atom is -0.507 e. The molecule has 14 heavy (non-hydrogen) atoms. The third kappa shape index (κ3) is 2.07. The first-order valence-electron chi connectivity index (χ1n) is 4.88. The average molecular weight is 194 g/mol. The van der Waals surface area contributed by atoms with Crippen molar-refractivity contribution in [3.05, 3.63) is 28.8 Å². The van der Waals surface area contributed by atoms with E-state index in [0.717, 1.165) is 16.7 Å². The van der Waals surface area contributed by atoms with E-state index in [9.17, 15) is 5.11 Å². The maximum Gasteiger partial charge on any atom is 0.124 e. The van der Waals surface area contributed by atoms with Crippen molar-refractivity contribution in [2.75, 3.05) is 7.11 Å². The van der Waals surface area contributed by atoms with Gasteiger partial charge in [-0.05, 0) is 24.0 Å². The molecule has 2 nitrogen and oxygen atoms in total. The zero-order valence-corrected chi connectivity index (χ0v) is 9.29. The van der Waals surface area contributed by atoms with Gasteiger partial charge >= 0.3 is 0 Å². The van der Waals surface area contributed by atoms with Gasteiger partial charge in [0.15, 0.2) is 0 Å². The monoisotopic (exact) mass is 194 g/mol. The predicted molar refractivity (Wildman–Crippen MR) is 57.6 cm³/mol. The molecule has 0 radical (unpaired) electrons. The Hall–Kier alpha value is -1.02. The van der Waals surface area contributed by atoms with Crippen LogP contribution >= 0.6 is 0 Å². The molecule has 0 saturated heterocycles. The van der Waals surface area contributed by atoms with E-state index in [1.807, 2.05) is 13.0 Å². The molecule has 0 aliphatic heterocycles. The predicted octanol–water partition coefficient (Wildman–Crippen LogP) is 2.97. The summed E-state index contributed by atoms with van der Waals surface area (Å²) in [6, 6.07) is 4.01. The van der Waals surface area contributed by atoms with E-state index in [2.05, 4.69) is 19.9 Å². The Labute approximate surface area is 85.5 Å². The van der Waals surface area contributed by atoms with Crippen molar-refractivity contribution in [2.24, 2.45) is 0 Å². The molecule has 0 saturated carbocycles. The first kappa shape index (κ1) is 11.1. The number of hydrogen-bond acceptors (Lipinski definition) is 2. The van der Waals surface area contributed by atoms with E-state index in [0.29, 0.717) is 18.3 Å². The first-order valence-corrected chi connectivity index (χ1v) is 4.88. The van der Waals surface area contributed by atoms with Crippen molar-refractivity contribution in [3.63, 3.8) is 0 Å². The van der Waals surface area contributed by atoms with E-state index in [-0.39, 0.29) is 0 Å². The number of methoxy groups -OCH3 is 1. The number of aromatic hydroxyl groups is 1. The van der Waals surface area contributed by atoms with Crippen LogP contribution in [-0.2, 0) is 11.3 Å². The van der Waals surface area contributed by atoms with Crippen LogP contribution < -0.4 is 0 Å². The normalized spacial score (nSPS) is 10.9. The topological polar surface area (TPSA) is 29.5 Å². The summed E-state index contributed by atoms with van der Waals surface area (Å²) in [5.41, 5.74) is 2.99. The Kier molecular flexibility index (Phi) is 3.53. The van der Waals surface area contributed by atoms with E-state index in [1.54, 1.807) is 7.11 Å². The van der Waals surface area contributed by atoms with Crippen molar-refractivity contribution in [3.8, 4) is 5.75 Å². The van der Waals surface area contributed by atoms with Crippen LogP contribution in [0.3, 0.4) is 0 Å². The standard InChI is InChI=1S/C12H18O2/c1-8(2)10-6-5-9(3)12(13)11(10)7-14-4/h5-6,8,13H,7H2,1-4H3. The number of ether oxygens (including phenoxy) is 1. The molecule has 1 rings (SSSR count). The number of rotatable bonds is 3. The van der Waals surface area contributed by atoms with Crippen molar-refractivity contribution >= 4 is 0 Å². The van der Waals surface area contributed by atoms with Gasteiger partial charge in [-0.1, -0.05) is 26.0 Å². The van der Waals surface area contributed by atoms with Crippen LogP contribution in [0.5, 0.6) is 5.75 Å². The van der Waals surface area contributed by atoms with Crippen LogP contribution in [-0.4, -0.2) is 12.2 Å². The molecule has 0 bridgehead atoms. The molecule has 0 aliphatic carbocycles. The van der Waals surface area contributed by atoms with Crippen LogP contribution in [0.15, 0.2) is 12.1 Å². The zero-order valence-electron chi connectivity index (χ0n) is 9.29. The molecule has 1 aromatic carbocycles. The maximum absolute atomic E-state index is 9.88. The fourth-order valence-corrected chi connectivity index (χ4v) is 1.61. The lowest BCUT2D eigenvalue weighted by atomic mass is 9.95. The number of phenolic OH excluding ortho intramolecular Hbond substituents is 1. The lowest BCUT2D eigenvalue weighted by Crippen LogP contribution is -1.99. The summed E-state index contributed by atoms with van der Waals surface area (Å²) in [7, 11) is 1.64. The fraction of sp³-hybridized carbons (Fsp3) is 0.500. The van der Waals surface area contributed by atoms with Gasteiger partial charge in [0.05, 0.1) is 6.61 Å². The molecule has 0 unspecified atom stereocenters. The summed E-state index contributed by atoms with van der Waals surface area (Å²) < 4.78 is 5.09. The second-order valence-corrected chi connectivity index (χ2v) is 3.89. The van der Waals surface area contributed by atoms with Crippen LogP contribution in [0.4, 0.5) is 0 Å². The lowest BCUT2D eigenvalue weighted by molar-refractivity contribution is 0.181. The van der Waals surface area contributed by atoms with E-state index in [1.165, 1.54) is 0 Å². The van der Waals surface area contributed by atoms with Crippen LogP contribution in [0.2, 0.25) is 0 Å². The second kappa shape index (κ2) is 4.47. The van der Waals surface area contributed by atoms with Crippen LogP contribution in [0, 0.1) is 6.92 Å². The highest BCUT2D eigenvalue weighted by molar-refractivity contribution is 5.45. The van der Waals surface area contributed by atoms with Gasteiger partial charge in [-0.25, -0.2) is 0 Å². The van der Waals surface area contributed by atoms with Gasteiger partial charge in [-0.3, -0.25) is 0 Å². The van der Waals surface area contributed by atoms with Crippen molar-refractivity contribution in [1.82, 2.24) is 0 Å². The average Bonchev–Trinajstić information content (AvgIpc) is 2.13. The van der Waals surface area contributed by atoms with E-state index in [4.69, 9.17) is 4.74 Å². The summed E-state index contributed by atoms with van der Waals surface area (Å²) in [6.45, 7) is 6.60. The summed E-state index contributed by atoms with van der Waals surface area (Å²) >= 11 is 0. The van der Waals surface area contributed by atoms with E-state index < -0.39 is 0 Å². The Morgan fingerprint density at radius 3 is 2.50 bits per heavy atom. The van der Waals surface area contributed by atoms with Crippen molar-refractivity contribution < 1.29 is 9.84 Å². The maximum atomic E-state index is 9.88. The van der Waals surface area contributed by atoms with Gasteiger partial charge in [-0.15, -0.1) is 0 Å². The number of hydrogen-bond donors (Lipinski definition) is 1. The van der Waals surface area contributed by atoms with E-state index >= 15 is 0 Å². The highest BCUT2D eigenvalue weighted by Crippen LogP contribution is 2.30. The molecule has 0 aromatic heterocycles. The SMILES string of the molecule is COCc1c(C(C)C)ccc(C)c1O. The quantitative estimate of drug-likeness (QED) is 0.801. The molecular weight excluding hydrogens is 176 g/mol. The second-order valence-electron chi connectivity index (χ2n) is 3.89. The fourth-order valence-electron chi connectivity index (χ4n) is 1.61. The van der Waals surface area contributed by atoms with Gasteiger partial charge in [0.25, 0.3) is 0 Å². The highest BCUT2D eigenvalue weighted by Gasteiger charge is 2.12. The number of benzene rings is 1. The van der Waals surface area contributed by atoms with Gasteiger partial charge in [-0.2, -0.15) is 0 Å². The largest absolute Gasteiger partial charge is 0.507 e. The molecule has 0 amide bonds. The summed E-state index contributed by atoms with van der Waals surface area (Å²) in [4.78, 5) is 0. The molecule has 1 aromatic rings. The molecule has 1 N–H and O–H groups in total. The third-order valence-corrected chi connectivity index (χ3v) is 2.43. The van der Waals surface area contributed by atoms with Crippen molar-refractivity contribution in [2.45, 2.75) is 33.3 Å². The Morgan fingerprint density at radius 2 is 2.00 bits per heavy atom. The molecule has 78 valence electrons. The third-order valence-electron chi connectivity index (χ3n) is 2.43. The molecule has 0 atom stereocenters. The smallest absolute Gasteiger partial charge is 0.124 e. The molecule has 2 heteroatoms. The van der Waals surface area contributed by atoms with Crippen molar-refractivity contribution in [1.29, 1.82) is 0 Å².